The molecule has 98 valence electrons. The first-order chi connectivity index (χ1) is 8.70. The molecule has 0 N–H and O–H groups in total. The topological polar surface area (TPSA) is 35.5 Å². The Morgan fingerprint density at radius 1 is 1.33 bits per heavy atom. The summed E-state index contributed by atoms with van der Waals surface area (Å²) in [4.78, 5) is 11.5. The van der Waals surface area contributed by atoms with Gasteiger partial charge in [-0.1, -0.05) is 37.3 Å². The summed E-state index contributed by atoms with van der Waals surface area (Å²) in [5.74, 6) is 0.150. The molecule has 1 aliphatic rings. The predicted molar refractivity (Wildman–Crippen MR) is 69.0 cm³/mol. The molecule has 1 fully saturated rings. The number of esters is 1. The number of hydrogen-bond donors (Lipinski definition) is 0. The van der Waals surface area contributed by atoms with E-state index in [1.165, 1.54) is 0 Å². The first kappa shape index (κ1) is 13.1. The van der Waals surface area contributed by atoms with Crippen molar-refractivity contribution in [1.29, 1.82) is 0 Å². The zero-order valence-electron chi connectivity index (χ0n) is 11.0. The summed E-state index contributed by atoms with van der Waals surface area (Å²) in [5, 5.41) is 0. The molecule has 0 unspecified atom stereocenters. The van der Waals surface area contributed by atoms with Gasteiger partial charge in [0.05, 0.1) is 19.1 Å². The third-order valence-electron chi connectivity index (χ3n) is 3.54. The van der Waals surface area contributed by atoms with Crippen molar-refractivity contribution in [2.75, 3.05) is 0 Å². The van der Waals surface area contributed by atoms with Crippen LogP contribution >= 0.6 is 0 Å². The van der Waals surface area contributed by atoms with E-state index in [0.717, 1.165) is 12.0 Å². The van der Waals surface area contributed by atoms with E-state index in [2.05, 4.69) is 6.92 Å². The van der Waals surface area contributed by atoms with Gasteiger partial charge in [-0.15, -0.1) is 0 Å². The van der Waals surface area contributed by atoms with Crippen molar-refractivity contribution >= 4 is 5.97 Å². The highest BCUT2D eigenvalue weighted by Gasteiger charge is 2.35. The van der Waals surface area contributed by atoms with Crippen molar-refractivity contribution in [2.24, 2.45) is 5.92 Å². The Kier molecular flexibility index (Phi) is 4.37. The molecule has 1 aliphatic heterocycles. The van der Waals surface area contributed by atoms with Gasteiger partial charge in [-0.05, 0) is 18.9 Å². The largest absolute Gasteiger partial charge is 0.462 e. The molecule has 0 aromatic heterocycles. The fourth-order valence-electron chi connectivity index (χ4n) is 2.52. The molecular formula is C15H20O3. The van der Waals surface area contributed by atoms with Crippen molar-refractivity contribution in [3.05, 3.63) is 35.9 Å². The molecule has 0 radical (unpaired) electrons. The van der Waals surface area contributed by atoms with Crippen LogP contribution in [0.15, 0.2) is 30.3 Å². The first-order valence-electron chi connectivity index (χ1n) is 6.55. The normalized spacial score (nSPS) is 27.9. The summed E-state index contributed by atoms with van der Waals surface area (Å²) in [5.41, 5.74) is 1.14. The molecule has 1 aromatic carbocycles. The summed E-state index contributed by atoms with van der Waals surface area (Å²) >= 11 is 0. The zero-order chi connectivity index (χ0) is 13.0. The van der Waals surface area contributed by atoms with Crippen molar-refractivity contribution < 1.29 is 14.3 Å². The molecule has 0 bridgehead atoms. The summed E-state index contributed by atoms with van der Waals surface area (Å²) in [6, 6.07) is 10.0. The quantitative estimate of drug-likeness (QED) is 0.768. The van der Waals surface area contributed by atoms with Gasteiger partial charge >= 0.3 is 5.97 Å². The predicted octanol–water partition coefficient (Wildman–Crippen LogP) is 2.93. The number of cyclic esters (lactones) is 1. The maximum absolute atomic E-state index is 11.5. The highest BCUT2D eigenvalue weighted by molar-refractivity contribution is 5.71. The van der Waals surface area contributed by atoms with Gasteiger partial charge in [-0.25, -0.2) is 0 Å². The molecule has 0 amide bonds. The van der Waals surface area contributed by atoms with Gasteiger partial charge in [-0.2, -0.15) is 0 Å². The van der Waals surface area contributed by atoms with E-state index in [1.54, 1.807) is 0 Å². The van der Waals surface area contributed by atoms with E-state index in [0.29, 0.717) is 18.9 Å². The van der Waals surface area contributed by atoms with Gasteiger partial charge in [0.15, 0.2) is 0 Å². The van der Waals surface area contributed by atoms with E-state index in [-0.39, 0.29) is 18.2 Å². The Labute approximate surface area is 108 Å². The second-order valence-electron chi connectivity index (χ2n) is 4.81. The van der Waals surface area contributed by atoms with Crippen LogP contribution in [0, 0.1) is 5.92 Å². The van der Waals surface area contributed by atoms with Crippen LogP contribution < -0.4 is 0 Å². The van der Waals surface area contributed by atoms with Crippen LogP contribution in [-0.2, 0) is 20.9 Å². The fraction of sp³-hybridized carbons (Fsp3) is 0.533. The Morgan fingerprint density at radius 2 is 2.06 bits per heavy atom. The Hall–Kier alpha value is -1.35. The van der Waals surface area contributed by atoms with Crippen LogP contribution in [-0.4, -0.2) is 18.2 Å². The SMILES string of the molecule is CC[C@@H]1[C@@H](C)OC(=O)C[C@H]1OCc1ccccc1. The van der Waals surface area contributed by atoms with Gasteiger partial charge in [0.1, 0.15) is 6.10 Å². The average Bonchev–Trinajstić information content (AvgIpc) is 2.37. The number of carbonyl (C=O) groups excluding carboxylic acids is 1. The molecule has 3 atom stereocenters. The number of ether oxygens (including phenoxy) is 2. The Morgan fingerprint density at radius 3 is 2.72 bits per heavy atom. The molecule has 3 nitrogen and oxygen atoms in total. The van der Waals surface area contributed by atoms with Crippen molar-refractivity contribution in [1.82, 2.24) is 0 Å². The van der Waals surface area contributed by atoms with Crippen LogP contribution in [0.4, 0.5) is 0 Å². The molecule has 1 heterocycles. The van der Waals surface area contributed by atoms with Crippen LogP contribution in [0.1, 0.15) is 32.3 Å². The smallest absolute Gasteiger partial charge is 0.308 e. The second kappa shape index (κ2) is 6.01. The van der Waals surface area contributed by atoms with E-state index in [1.807, 2.05) is 37.3 Å². The van der Waals surface area contributed by atoms with Crippen LogP contribution in [0.2, 0.25) is 0 Å². The fourth-order valence-corrected chi connectivity index (χ4v) is 2.52. The highest BCUT2D eigenvalue weighted by Crippen LogP contribution is 2.28. The van der Waals surface area contributed by atoms with Crippen LogP contribution in [0.5, 0.6) is 0 Å². The van der Waals surface area contributed by atoms with E-state index in [4.69, 9.17) is 9.47 Å². The lowest BCUT2D eigenvalue weighted by atomic mass is 9.89. The van der Waals surface area contributed by atoms with E-state index < -0.39 is 0 Å². The van der Waals surface area contributed by atoms with Gasteiger partial charge < -0.3 is 9.47 Å². The summed E-state index contributed by atoms with van der Waals surface area (Å²) in [6.45, 7) is 4.62. The molecule has 1 aromatic rings. The Bertz CT molecular complexity index is 388. The zero-order valence-corrected chi connectivity index (χ0v) is 11.0. The number of carbonyl (C=O) groups is 1. The maximum Gasteiger partial charge on any atom is 0.308 e. The summed E-state index contributed by atoms with van der Waals surface area (Å²) in [7, 11) is 0. The lowest BCUT2D eigenvalue weighted by molar-refractivity contribution is -0.172. The van der Waals surface area contributed by atoms with Crippen molar-refractivity contribution in [2.45, 2.75) is 45.5 Å². The molecule has 0 aliphatic carbocycles. The van der Waals surface area contributed by atoms with Crippen LogP contribution in [0.25, 0.3) is 0 Å². The average molecular weight is 248 g/mol. The van der Waals surface area contributed by atoms with Crippen molar-refractivity contribution in [3.8, 4) is 0 Å². The summed E-state index contributed by atoms with van der Waals surface area (Å²) in [6.07, 6.45) is 1.27. The number of rotatable bonds is 4. The van der Waals surface area contributed by atoms with Gasteiger partial charge in [0.25, 0.3) is 0 Å². The number of hydrogen-bond acceptors (Lipinski definition) is 3. The molecule has 18 heavy (non-hydrogen) atoms. The van der Waals surface area contributed by atoms with Crippen molar-refractivity contribution in [3.63, 3.8) is 0 Å². The molecule has 3 heteroatoms. The minimum Gasteiger partial charge on any atom is -0.462 e. The van der Waals surface area contributed by atoms with E-state index >= 15 is 0 Å². The van der Waals surface area contributed by atoms with Gasteiger partial charge in [0.2, 0.25) is 0 Å². The lowest BCUT2D eigenvalue weighted by Crippen LogP contribution is -2.41. The molecule has 0 saturated carbocycles. The standard InChI is InChI=1S/C15H20O3/c1-3-13-11(2)18-15(16)9-14(13)17-10-12-7-5-4-6-8-12/h4-8,11,13-14H,3,9-10H2,1-2H3/t11-,13-,14-/m1/s1. The Balaban J connectivity index is 1.96. The van der Waals surface area contributed by atoms with Gasteiger partial charge in [-0.3, -0.25) is 4.79 Å². The third kappa shape index (κ3) is 3.10. The summed E-state index contributed by atoms with van der Waals surface area (Å²) < 4.78 is 11.2. The molecule has 0 spiro atoms. The molecular weight excluding hydrogens is 228 g/mol. The maximum atomic E-state index is 11.5. The molecule has 2 rings (SSSR count). The first-order valence-corrected chi connectivity index (χ1v) is 6.55. The van der Waals surface area contributed by atoms with Gasteiger partial charge in [0, 0.05) is 5.92 Å². The third-order valence-corrected chi connectivity index (χ3v) is 3.54. The minimum absolute atomic E-state index is 0.0218. The monoisotopic (exact) mass is 248 g/mol. The minimum atomic E-state index is -0.148. The van der Waals surface area contributed by atoms with E-state index in [9.17, 15) is 4.79 Å². The second-order valence-corrected chi connectivity index (χ2v) is 4.81. The number of benzene rings is 1. The lowest BCUT2D eigenvalue weighted by Gasteiger charge is -2.35. The highest BCUT2D eigenvalue weighted by atomic mass is 16.6. The van der Waals surface area contributed by atoms with Crippen LogP contribution in [0.3, 0.4) is 0 Å². The molecule has 1 saturated heterocycles.